The van der Waals surface area contributed by atoms with Crippen LogP contribution in [0.25, 0.3) is 0 Å². The zero-order valence-electron chi connectivity index (χ0n) is 13.2. The van der Waals surface area contributed by atoms with Gasteiger partial charge in [-0.05, 0) is 37.3 Å². The van der Waals surface area contributed by atoms with E-state index in [2.05, 4.69) is 25.7 Å². The van der Waals surface area contributed by atoms with Crippen molar-refractivity contribution in [1.82, 2.24) is 0 Å². The summed E-state index contributed by atoms with van der Waals surface area (Å²) in [5.41, 5.74) is 2.90. The lowest BCUT2D eigenvalue weighted by Gasteiger charge is -2.28. The smallest absolute Gasteiger partial charge is 0.159 e. The standard InChI is InChI=1S/C17H25NO2/c1-12(19)13-10-14(17(2,3)4)16(20-5)15(11-13)18-8-6-7-9-18/h10-11H,6-9H2,1-5H3. The summed E-state index contributed by atoms with van der Waals surface area (Å²) in [7, 11) is 1.72. The van der Waals surface area contributed by atoms with Gasteiger partial charge in [-0.3, -0.25) is 4.79 Å². The Balaban J connectivity index is 2.63. The van der Waals surface area contributed by atoms with Crippen LogP contribution in [0.15, 0.2) is 12.1 Å². The van der Waals surface area contributed by atoms with Crippen LogP contribution in [0.3, 0.4) is 0 Å². The summed E-state index contributed by atoms with van der Waals surface area (Å²) in [5, 5.41) is 0. The largest absolute Gasteiger partial charge is 0.494 e. The lowest BCUT2D eigenvalue weighted by molar-refractivity contribution is 0.101. The van der Waals surface area contributed by atoms with Gasteiger partial charge >= 0.3 is 0 Å². The molecule has 0 aliphatic carbocycles. The molecule has 1 aromatic rings. The third-order valence-corrected chi connectivity index (χ3v) is 3.93. The molecular formula is C17H25NO2. The lowest BCUT2D eigenvalue weighted by atomic mass is 9.84. The average molecular weight is 275 g/mol. The first-order chi connectivity index (χ1) is 9.34. The van der Waals surface area contributed by atoms with E-state index in [0.29, 0.717) is 0 Å². The molecule has 2 rings (SSSR count). The number of hydrogen-bond donors (Lipinski definition) is 0. The third kappa shape index (κ3) is 2.82. The Hall–Kier alpha value is -1.51. The minimum atomic E-state index is -0.0503. The number of carbonyl (C=O) groups is 1. The van der Waals surface area contributed by atoms with Crippen molar-refractivity contribution in [3.05, 3.63) is 23.3 Å². The van der Waals surface area contributed by atoms with E-state index in [-0.39, 0.29) is 11.2 Å². The predicted octanol–water partition coefficient (Wildman–Crippen LogP) is 3.80. The molecule has 0 atom stereocenters. The number of nitrogens with zero attached hydrogens (tertiary/aromatic N) is 1. The summed E-state index contributed by atoms with van der Waals surface area (Å²) in [6.45, 7) is 10.2. The zero-order valence-corrected chi connectivity index (χ0v) is 13.2. The first-order valence-corrected chi connectivity index (χ1v) is 7.33. The van der Waals surface area contributed by atoms with Gasteiger partial charge in [-0.15, -0.1) is 0 Å². The molecule has 1 saturated heterocycles. The second-order valence-electron chi connectivity index (χ2n) is 6.58. The van der Waals surface area contributed by atoms with Crippen molar-refractivity contribution in [2.75, 3.05) is 25.1 Å². The summed E-state index contributed by atoms with van der Waals surface area (Å²) >= 11 is 0. The first-order valence-electron chi connectivity index (χ1n) is 7.33. The van der Waals surface area contributed by atoms with Crippen molar-refractivity contribution < 1.29 is 9.53 Å². The Labute approximate surface area is 121 Å². The fraction of sp³-hybridized carbons (Fsp3) is 0.588. The molecule has 3 heteroatoms. The molecule has 1 fully saturated rings. The van der Waals surface area contributed by atoms with Crippen LogP contribution in [0.4, 0.5) is 5.69 Å². The number of rotatable bonds is 3. The van der Waals surface area contributed by atoms with Crippen LogP contribution in [-0.2, 0) is 5.41 Å². The van der Waals surface area contributed by atoms with E-state index >= 15 is 0 Å². The first kappa shape index (κ1) is 14.9. The second kappa shape index (κ2) is 5.47. The molecule has 3 nitrogen and oxygen atoms in total. The monoisotopic (exact) mass is 275 g/mol. The van der Waals surface area contributed by atoms with Crippen molar-refractivity contribution in [2.24, 2.45) is 0 Å². The minimum absolute atomic E-state index is 0.0503. The maximum atomic E-state index is 11.8. The maximum Gasteiger partial charge on any atom is 0.159 e. The molecule has 1 aromatic carbocycles. The van der Waals surface area contributed by atoms with Gasteiger partial charge in [-0.2, -0.15) is 0 Å². The molecule has 0 N–H and O–H groups in total. The van der Waals surface area contributed by atoms with Crippen molar-refractivity contribution in [3.8, 4) is 5.75 Å². The molecule has 1 aliphatic heterocycles. The Kier molecular flexibility index (Phi) is 4.07. The molecular weight excluding hydrogens is 250 g/mol. The average Bonchev–Trinajstić information content (AvgIpc) is 2.89. The Morgan fingerprint density at radius 3 is 2.25 bits per heavy atom. The highest BCUT2D eigenvalue weighted by molar-refractivity contribution is 5.96. The fourth-order valence-corrected chi connectivity index (χ4v) is 2.78. The van der Waals surface area contributed by atoms with Crippen LogP contribution in [0.2, 0.25) is 0 Å². The van der Waals surface area contributed by atoms with Gasteiger partial charge in [0.2, 0.25) is 0 Å². The van der Waals surface area contributed by atoms with Crippen molar-refractivity contribution in [1.29, 1.82) is 0 Å². The van der Waals surface area contributed by atoms with Gasteiger partial charge in [0.25, 0.3) is 0 Å². The topological polar surface area (TPSA) is 29.5 Å². The summed E-state index contributed by atoms with van der Waals surface area (Å²) in [6.07, 6.45) is 2.41. The molecule has 0 bridgehead atoms. The molecule has 0 radical (unpaired) electrons. The Bertz CT molecular complexity index is 508. The van der Waals surface area contributed by atoms with Crippen LogP contribution in [-0.4, -0.2) is 26.0 Å². The summed E-state index contributed by atoms with van der Waals surface area (Å²) in [6, 6.07) is 3.97. The van der Waals surface area contributed by atoms with Gasteiger partial charge in [0, 0.05) is 24.2 Å². The lowest BCUT2D eigenvalue weighted by Crippen LogP contribution is -2.22. The normalized spacial score (nSPS) is 15.6. The number of hydrogen-bond acceptors (Lipinski definition) is 3. The van der Waals surface area contributed by atoms with Gasteiger partial charge < -0.3 is 9.64 Å². The zero-order chi connectivity index (χ0) is 14.9. The van der Waals surface area contributed by atoms with Crippen molar-refractivity contribution >= 4 is 11.5 Å². The molecule has 0 spiro atoms. The van der Waals surface area contributed by atoms with E-state index in [1.807, 2.05) is 12.1 Å². The van der Waals surface area contributed by atoms with Crippen LogP contribution >= 0.6 is 0 Å². The fourth-order valence-electron chi connectivity index (χ4n) is 2.78. The van der Waals surface area contributed by atoms with Crippen molar-refractivity contribution in [3.63, 3.8) is 0 Å². The van der Waals surface area contributed by atoms with Gasteiger partial charge in [0.1, 0.15) is 5.75 Å². The Morgan fingerprint density at radius 1 is 1.20 bits per heavy atom. The predicted molar refractivity (Wildman–Crippen MR) is 83.1 cm³/mol. The van der Waals surface area contributed by atoms with E-state index in [0.717, 1.165) is 35.7 Å². The molecule has 0 aromatic heterocycles. The van der Waals surface area contributed by atoms with E-state index in [4.69, 9.17) is 4.74 Å². The van der Waals surface area contributed by atoms with E-state index in [9.17, 15) is 4.79 Å². The molecule has 110 valence electrons. The third-order valence-electron chi connectivity index (χ3n) is 3.93. The number of benzene rings is 1. The van der Waals surface area contributed by atoms with Crippen LogP contribution in [0.1, 0.15) is 56.5 Å². The van der Waals surface area contributed by atoms with Crippen LogP contribution in [0.5, 0.6) is 5.75 Å². The van der Waals surface area contributed by atoms with E-state index in [1.165, 1.54) is 12.8 Å². The number of ether oxygens (including phenoxy) is 1. The van der Waals surface area contributed by atoms with Crippen LogP contribution in [0, 0.1) is 0 Å². The number of Topliss-reactive ketones (excluding diaryl/α,β-unsaturated/α-hetero) is 1. The van der Waals surface area contributed by atoms with E-state index in [1.54, 1.807) is 14.0 Å². The maximum absolute atomic E-state index is 11.8. The number of carbonyl (C=O) groups excluding carboxylic acids is 1. The quantitative estimate of drug-likeness (QED) is 0.786. The number of ketones is 1. The number of methoxy groups -OCH3 is 1. The molecule has 1 heterocycles. The van der Waals surface area contributed by atoms with Crippen LogP contribution < -0.4 is 9.64 Å². The van der Waals surface area contributed by atoms with Gasteiger partial charge in [-0.25, -0.2) is 0 Å². The SMILES string of the molecule is COc1c(N2CCCC2)cc(C(C)=O)cc1C(C)(C)C. The van der Waals surface area contributed by atoms with Gasteiger partial charge in [0.15, 0.2) is 5.78 Å². The highest BCUT2D eigenvalue weighted by atomic mass is 16.5. The molecule has 0 unspecified atom stereocenters. The summed E-state index contributed by atoms with van der Waals surface area (Å²) in [5.74, 6) is 1.03. The minimum Gasteiger partial charge on any atom is -0.494 e. The molecule has 0 saturated carbocycles. The number of anilines is 1. The summed E-state index contributed by atoms with van der Waals surface area (Å²) in [4.78, 5) is 14.2. The highest BCUT2D eigenvalue weighted by Crippen LogP contribution is 2.41. The second-order valence-corrected chi connectivity index (χ2v) is 6.58. The summed E-state index contributed by atoms with van der Waals surface area (Å²) < 4.78 is 5.70. The van der Waals surface area contributed by atoms with Gasteiger partial charge in [-0.1, -0.05) is 20.8 Å². The molecule has 1 aliphatic rings. The molecule has 20 heavy (non-hydrogen) atoms. The van der Waals surface area contributed by atoms with E-state index < -0.39 is 0 Å². The molecule has 0 amide bonds. The Morgan fingerprint density at radius 2 is 1.80 bits per heavy atom. The van der Waals surface area contributed by atoms with Crippen molar-refractivity contribution in [2.45, 2.75) is 46.0 Å². The van der Waals surface area contributed by atoms with Gasteiger partial charge in [0.05, 0.1) is 12.8 Å². The highest BCUT2D eigenvalue weighted by Gasteiger charge is 2.26.